The highest BCUT2D eigenvalue weighted by Gasteiger charge is 2.13. The number of nitrogen functional groups attached to an aromatic ring is 1. The number of nitrogens with zero attached hydrogens (tertiary/aromatic N) is 3. The number of hydrogen-bond acceptors (Lipinski definition) is 4. The van der Waals surface area contributed by atoms with E-state index in [1.54, 1.807) is 6.20 Å². The maximum atomic E-state index is 6.01. The molecule has 0 aliphatic heterocycles. The molecule has 111 valence electrons. The Hall–Kier alpha value is -3.21. The van der Waals surface area contributed by atoms with Gasteiger partial charge < -0.3 is 10.7 Å². The summed E-state index contributed by atoms with van der Waals surface area (Å²) in [4.78, 5) is 16.7. The van der Waals surface area contributed by atoms with Gasteiger partial charge >= 0.3 is 0 Å². The molecule has 0 aliphatic carbocycles. The van der Waals surface area contributed by atoms with Crippen LogP contribution in [-0.2, 0) is 0 Å². The Balaban J connectivity index is 1.86. The summed E-state index contributed by atoms with van der Waals surface area (Å²) < 4.78 is 0. The number of fused-ring (bicyclic) bond motifs is 1. The number of aromatic amines is 1. The fourth-order valence-electron chi connectivity index (χ4n) is 2.51. The van der Waals surface area contributed by atoms with E-state index in [9.17, 15) is 0 Å². The molecule has 0 spiro atoms. The highest BCUT2D eigenvalue weighted by atomic mass is 15.0. The third-order valence-electron chi connectivity index (χ3n) is 3.68. The van der Waals surface area contributed by atoms with Crippen molar-refractivity contribution in [3.8, 4) is 22.8 Å². The van der Waals surface area contributed by atoms with Gasteiger partial charge in [-0.05, 0) is 30.7 Å². The number of imidazole rings is 1. The second-order valence-electron chi connectivity index (χ2n) is 5.38. The molecule has 2 heterocycles. The number of nitrogens with one attached hydrogen (secondary N) is 1. The van der Waals surface area contributed by atoms with E-state index < -0.39 is 0 Å². The van der Waals surface area contributed by atoms with Gasteiger partial charge in [0, 0.05) is 5.56 Å². The molecule has 0 bridgehead atoms. The summed E-state index contributed by atoms with van der Waals surface area (Å²) in [5.41, 5.74) is 11.3. The molecule has 1 radical (unpaired) electrons. The van der Waals surface area contributed by atoms with Gasteiger partial charge in [0.25, 0.3) is 0 Å². The van der Waals surface area contributed by atoms with Gasteiger partial charge in [0.2, 0.25) is 0 Å². The Morgan fingerprint density at radius 1 is 1.09 bits per heavy atom. The molecular weight excluding hydrogens is 286 g/mol. The van der Waals surface area contributed by atoms with Crippen molar-refractivity contribution in [2.24, 2.45) is 0 Å². The minimum Gasteiger partial charge on any atom is -0.382 e. The van der Waals surface area contributed by atoms with Crippen molar-refractivity contribution in [1.29, 1.82) is 0 Å². The van der Waals surface area contributed by atoms with Gasteiger partial charge in [-0.15, -0.1) is 0 Å². The molecular formula is C18H14N5. The topological polar surface area (TPSA) is 80.5 Å². The zero-order valence-corrected chi connectivity index (χ0v) is 12.5. The molecule has 23 heavy (non-hydrogen) atoms. The summed E-state index contributed by atoms with van der Waals surface area (Å²) in [5.74, 6) is 0.979. The second kappa shape index (κ2) is 5.21. The molecule has 0 aliphatic rings. The van der Waals surface area contributed by atoms with Crippen LogP contribution in [0.5, 0.6) is 0 Å². The van der Waals surface area contributed by atoms with Gasteiger partial charge in [0.1, 0.15) is 5.69 Å². The Kier molecular flexibility index (Phi) is 3.05. The largest absolute Gasteiger partial charge is 0.382 e. The van der Waals surface area contributed by atoms with Crippen LogP contribution in [0.25, 0.3) is 33.8 Å². The minimum absolute atomic E-state index is 0.354. The van der Waals surface area contributed by atoms with Crippen molar-refractivity contribution in [2.45, 2.75) is 6.92 Å². The van der Waals surface area contributed by atoms with E-state index in [0.717, 1.165) is 22.3 Å². The molecule has 0 fully saturated rings. The van der Waals surface area contributed by atoms with Gasteiger partial charge in [-0.1, -0.05) is 30.3 Å². The van der Waals surface area contributed by atoms with Crippen LogP contribution < -0.4 is 5.73 Å². The quantitative estimate of drug-likeness (QED) is 0.594. The van der Waals surface area contributed by atoms with Crippen molar-refractivity contribution in [3.63, 3.8) is 0 Å². The third-order valence-corrected chi connectivity index (χ3v) is 3.68. The molecule has 4 aromatic rings. The standard InChI is InChI=1S/C18H14N5/c1-11-7-8-13-14(9-11)23-18(22-13)16-17(19)20-10-15(21-16)12-5-3-2-4-6-12/h3-10H,1H3,(H2,19,20)(H,22,23). The Bertz CT molecular complexity index is 989. The number of rotatable bonds is 2. The maximum Gasteiger partial charge on any atom is 0.161 e. The molecule has 3 N–H and O–H groups in total. The molecule has 0 saturated carbocycles. The first-order valence-corrected chi connectivity index (χ1v) is 7.26. The molecule has 0 amide bonds. The third kappa shape index (κ3) is 2.42. The number of anilines is 1. The van der Waals surface area contributed by atoms with Gasteiger partial charge in [-0.2, -0.15) is 0 Å². The molecule has 2 aromatic carbocycles. The first-order chi connectivity index (χ1) is 11.2. The van der Waals surface area contributed by atoms with Crippen LogP contribution in [0.4, 0.5) is 5.82 Å². The van der Waals surface area contributed by atoms with Crippen LogP contribution in [-0.4, -0.2) is 19.9 Å². The first kappa shape index (κ1) is 13.5. The predicted octanol–water partition coefficient (Wildman–Crippen LogP) is 3.38. The lowest BCUT2D eigenvalue weighted by Gasteiger charge is -2.05. The van der Waals surface area contributed by atoms with Crippen molar-refractivity contribution < 1.29 is 0 Å². The van der Waals surface area contributed by atoms with Crippen molar-refractivity contribution in [3.05, 3.63) is 60.3 Å². The summed E-state index contributed by atoms with van der Waals surface area (Å²) in [7, 11) is 0. The Morgan fingerprint density at radius 3 is 2.74 bits per heavy atom. The number of aromatic nitrogens is 4. The molecule has 5 heteroatoms. The van der Waals surface area contributed by atoms with Gasteiger partial charge in [0.05, 0.1) is 22.9 Å². The summed E-state index contributed by atoms with van der Waals surface area (Å²) in [6.07, 6.45) is 1.67. The monoisotopic (exact) mass is 300 g/mol. The fourth-order valence-corrected chi connectivity index (χ4v) is 2.51. The van der Waals surface area contributed by atoms with Crippen LogP contribution in [0, 0.1) is 13.0 Å². The molecule has 0 unspecified atom stereocenters. The van der Waals surface area contributed by atoms with Crippen molar-refractivity contribution in [2.75, 3.05) is 5.73 Å². The molecule has 5 nitrogen and oxygen atoms in total. The average Bonchev–Trinajstić information content (AvgIpc) is 2.99. The molecule has 4 rings (SSSR count). The van der Waals surface area contributed by atoms with E-state index >= 15 is 0 Å². The Morgan fingerprint density at radius 2 is 1.91 bits per heavy atom. The maximum absolute atomic E-state index is 6.01. The van der Waals surface area contributed by atoms with E-state index in [1.807, 2.05) is 49.4 Å². The van der Waals surface area contributed by atoms with E-state index in [-0.39, 0.29) is 0 Å². The van der Waals surface area contributed by atoms with Crippen LogP contribution in [0.3, 0.4) is 0 Å². The van der Waals surface area contributed by atoms with Gasteiger partial charge in [0.15, 0.2) is 11.6 Å². The second-order valence-corrected chi connectivity index (χ2v) is 5.38. The zero-order chi connectivity index (χ0) is 15.8. The lowest BCUT2D eigenvalue weighted by atomic mass is 10.1. The lowest BCUT2D eigenvalue weighted by Crippen LogP contribution is -1.99. The van der Waals surface area contributed by atoms with Crippen LogP contribution in [0.15, 0.2) is 48.7 Å². The molecule has 2 aromatic heterocycles. The average molecular weight is 300 g/mol. The number of hydrogen-bond donors (Lipinski definition) is 2. The number of nitrogens with two attached hydrogens (primary N) is 1. The highest BCUT2D eigenvalue weighted by molar-refractivity contribution is 5.81. The first-order valence-electron chi connectivity index (χ1n) is 7.26. The predicted molar refractivity (Wildman–Crippen MR) is 90.5 cm³/mol. The lowest BCUT2D eigenvalue weighted by molar-refractivity contribution is 1.18. The zero-order valence-electron chi connectivity index (χ0n) is 12.5. The van der Waals surface area contributed by atoms with E-state index in [2.05, 4.69) is 26.0 Å². The summed E-state index contributed by atoms with van der Waals surface area (Å²) in [6.45, 7) is 2.04. The summed E-state index contributed by atoms with van der Waals surface area (Å²) >= 11 is 0. The van der Waals surface area contributed by atoms with Crippen LogP contribution >= 0.6 is 0 Å². The van der Waals surface area contributed by atoms with Crippen molar-refractivity contribution >= 4 is 16.9 Å². The van der Waals surface area contributed by atoms with Gasteiger partial charge in [-0.25, -0.2) is 15.0 Å². The smallest absolute Gasteiger partial charge is 0.161 e. The number of benzene rings is 2. The Labute approximate surface area is 133 Å². The minimum atomic E-state index is 0.354. The van der Waals surface area contributed by atoms with E-state index in [1.165, 1.54) is 5.56 Å². The van der Waals surface area contributed by atoms with Gasteiger partial charge in [-0.3, -0.25) is 0 Å². The summed E-state index contributed by atoms with van der Waals surface area (Å²) in [6, 6.07) is 16.6. The highest BCUT2D eigenvalue weighted by Crippen LogP contribution is 2.26. The molecule has 0 atom stereocenters. The number of H-pyrrole nitrogens is 1. The van der Waals surface area contributed by atoms with Crippen molar-refractivity contribution in [1.82, 2.24) is 19.9 Å². The summed E-state index contributed by atoms with van der Waals surface area (Å²) in [5, 5.41) is 0. The fraction of sp³-hybridized carbons (Fsp3) is 0.0556. The van der Waals surface area contributed by atoms with Crippen LogP contribution in [0.1, 0.15) is 5.56 Å². The van der Waals surface area contributed by atoms with Crippen LogP contribution in [0.2, 0.25) is 0 Å². The van der Waals surface area contributed by atoms with E-state index in [0.29, 0.717) is 17.3 Å². The normalized spacial score (nSPS) is 11.0. The molecule has 0 saturated heterocycles. The SMILES string of the molecule is Cc1ccc2nc(-c3nc(-c4cc[c]cc4)cnc3N)[nH]c2c1. The number of aryl methyl sites for hydroxylation is 1. The van der Waals surface area contributed by atoms with E-state index in [4.69, 9.17) is 5.73 Å².